The van der Waals surface area contributed by atoms with Gasteiger partial charge in [-0.25, -0.2) is 0 Å². The quantitative estimate of drug-likeness (QED) is 0.524. The van der Waals surface area contributed by atoms with Crippen molar-refractivity contribution in [3.05, 3.63) is 71.8 Å². The summed E-state index contributed by atoms with van der Waals surface area (Å²) in [7, 11) is 3.12. The third-order valence-electron chi connectivity index (χ3n) is 5.11. The van der Waals surface area contributed by atoms with Crippen molar-refractivity contribution < 1.29 is 23.8 Å². The zero-order chi connectivity index (χ0) is 22.2. The molecule has 1 N–H and O–H groups in total. The minimum absolute atomic E-state index is 0.135. The molecule has 0 fully saturated rings. The van der Waals surface area contributed by atoms with Crippen molar-refractivity contribution in [3.8, 4) is 11.5 Å². The highest BCUT2D eigenvalue weighted by Crippen LogP contribution is 2.31. The second-order valence-corrected chi connectivity index (χ2v) is 7.17. The number of carbonyl (C=O) groups is 2. The van der Waals surface area contributed by atoms with Crippen LogP contribution in [0, 0.1) is 0 Å². The fraction of sp³-hybridized carbons (Fsp3) is 0.280. The largest absolute Gasteiger partial charge is 0.493 e. The Labute approximate surface area is 182 Å². The van der Waals surface area contributed by atoms with Gasteiger partial charge in [-0.3, -0.25) is 9.59 Å². The van der Waals surface area contributed by atoms with Crippen molar-refractivity contribution in [2.45, 2.75) is 25.8 Å². The number of carbonyl (C=O) groups excluding carboxylic acids is 2. The van der Waals surface area contributed by atoms with Gasteiger partial charge in [0.25, 0.3) is 5.91 Å². The highest BCUT2D eigenvalue weighted by Gasteiger charge is 2.15. The Hall–Kier alpha value is -3.54. The second kappa shape index (κ2) is 10.5. The summed E-state index contributed by atoms with van der Waals surface area (Å²) in [4.78, 5) is 24.4. The number of esters is 1. The number of fused-ring (bicyclic) bond motifs is 1. The minimum atomic E-state index is -0.446. The van der Waals surface area contributed by atoms with E-state index in [1.807, 2.05) is 61.5 Å². The van der Waals surface area contributed by atoms with Crippen LogP contribution < -0.4 is 14.8 Å². The van der Waals surface area contributed by atoms with Gasteiger partial charge >= 0.3 is 5.97 Å². The summed E-state index contributed by atoms with van der Waals surface area (Å²) in [5.41, 5.74) is 1.86. The summed E-state index contributed by atoms with van der Waals surface area (Å²) in [6.07, 6.45) is 0.558. The van der Waals surface area contributed by atoms with Gasteiger partial charge in [0.05, 0.1) is 20.3 Å². The Bertz CT molecular complexity index is 1060. The molecule has 0 bridgehead atoms. The van der Waals surface area contributed by atoms with Crippen LogP contribution in [0.1, 0.15) is 30.5 Å². The lowest BCUT2D eigenvalue weighted by Crippen LogP contribution is -2.31. The van der Waals surface area contributed by atoms with Crippen LogP contribution in [0.3, 0.4) is 0 Å². The maximum atomic E-state index is 12.3. The van der Waals surface area contributed by atoms with Crippen molar-refractivity contribution in [1.29, 1.82) is 0 Å². The summed E-state index contributed by atoms with van der Waals surface area (Å²) in [6, 6.07) is 19.3. The van der Waals surface area contributed by atoms with E-state index in [2.05, 4.69) is 5.32 Å². The van der Waals surface area contributed by atoms with Gasteiger partial charge in [0.1, 0.15) is 0 Å². The van der Waals surface area contributed by atoms with Crippen molar-refractivity contribution in [3.63, 3.8) is 0 Å². The molecule has 0 aliphatic heterocycles. The van der Waals surface area contributed by atoms with Crippen molar-refractivity contribution >= 4 is 22.6 Å². The van der Waals surface area contributed by atoms with E-state index < -0.39 is 5.97 Å². The van der Waals surface area contributed by atoms with Gasteiger partial charge in [-0.15, -0.1) is 0 Å². The Morgan fingerprint density at radius 1 is 0.935 bits per heavy atom. The topological polar surface area (TPSA) is 73.9 Å². The van der Waals surface area contributed by atoms with E-state index in [0.29, 0.717) is 17.9 Å². The molecule has 0 aromatic heterocycles. The van der Waals surface area contributed by atoms with E-state index in [1.165, 1.54) is 0 Å². The molecule has 3 rings (SSSR count). The first-order chi connectivity index (χ1) is 15.0. The number of amides is 1. The second-order valence-electron chi connectivity index (χ2n) is 7.17. The summed E-state index contributed by atoms with van der Waals surface area (Å²) < 4.78 is 15.8. The Balaban J connectivity index is 1.51. The summed E-state index contributed by atoms with van der Waals surface area (Å²) in [5, 5.41) is 5.09. The first-order valence-electron chi connectivity index (χ1n) is 10.2. The average Bonchev–Trinajstić information content (AvgIpc) is 2.80. The molecule has 6 nitrogen and oxygen atoms in total. The lowest BCUT2D eigenvalue weighted by Gasteiger charge is -2.17. The van der Waals surface area contributed by atoms with Gasteiger partial charge in [0.15, 0.2) is 18.1 Å². The number of para-hydroxylation sites is 1. The number of aryl methyl sites for hydroxylation is 1. The van der Waals surface area contributed by atoms with Crippen LogP contribution in [0.25, 0.3) is 10.8 Å². The van der Waals surface area contributed by atoms with Gasteiger partial charge in [0, 0.05) is 6.42 Å². The lowest BCUT2D eigenvalue weighted by molar-refractivity contribution is -0.148. The predicted molar refractivity (Wildman–Crippen MR) is 119 cm³/mol. The molecule has 1 atom stereocenters. The van der Waals surface area contributed by atoms with E-state index >= 15 is 0 Å². The fourth-order valence-electron chi connectivity index (χ4n) is 3.59. The number of ether oxygens (including phenoxy) is 3. The molecular weight excluding hydrogens is 394 g/mol. The molecular formula is C25H27NO5. The molecule has 162 valence electrons. The molecule has 0 spiro atoms. The Morgan fingerprint density at radius 2 is 1.68 bits per heavy atom. The van der Waals surface area contributed by atoms with Crippen molar-refractivity contribution in [1.82, 2.24) is 5.32 Å². The van der Waals surface area contributed by atoms with E-state index in [0.717, 1.165) is 21.9 Å². The maximum Gasteiger partial charge on any atom is 0.306 e. The minimum Gasteiger partial charge on any atom is -0.493 e. The number of methoxy groups -OCH3 is 2. The molecule has 0 radical (unpaired) electrons. The third kappa shape index (κ3) is 5.54. The molecule has 0 saturated carbocycles. The smallest absolute Gasteiger partial charge is 0.306 e. The van der Waals surface area contributed by atoms with Crippen molar-refractivity contribution in [2.24, 2.45) is 0 Å². The maximum absolute atomic E-state index is 12.3. The molecule has 3 aromatic rings. The molecule has 0 heterocycles. The first-order valence-corrected chi connectivity index (χ1v) is 10.2. The van der Waals surface area contributed by atoms with Crippen molar-refractivity contribution in [2.75, 3.05) is 20.8 Å². The first kappa shape index (κ1) is 22.2. The third-order valence-corrected chi connectivity index (χ3v) is 5.11. The molecule has 0 saturated heterocycles. The monoisotopic (exact) mass is 421 g/mol. The van der Waals surface area contributed by atoms with Crippen LogP contribution in [-0.2, 0) is 20.7 Å². The molecule has 31 heavy (non-hydrogen) atoms. The van der Waals surface area contributed by atoms with Crippen LogP contribution in [0.5, 0.6) is 11.5 Å². The van der Waals surface area contributed by atoms with Crippen LogP contribution in [-0.4, -0.2) is 32.7 Å². The van der Waals surface area contributed by atoms with E-state index in [1.54, 1.807) is 20.3 Å². The van der Waals surface area contributed by atoms with Crippen LogP contribution in [0.2, 0.25) is 0 Å². The fourth-order valence-corrected chi connectivity index (χ4v) is 3.59. The van der Waals surface area contributed by atoms with Gasteiger partial charge in [-0.1, -0.05) is 54.6 Å². The Kier molecular flexibility index (Phi) is 7.49. The van der Waals surface area contributed by atoms with Crippen LogP contribution >= 0.6 is 0 Å². The number of rotatable bonds is 9. The standard InChI is InChI=1S/C25H27NO5/c1-17(20-12-6-9-18-8-4-5-11-21(18)20)26-23(27)16-31-24(28)15-14-19-10-7-13-22(29-2)25(19)30-3/h4-13,17H,14-16H2,1-3H3,(H,26,27)/t17-/m1/s1. The van der Waals surface area contributed by atoms with Gasteiger partial charge in [-0.2, -0.15) is 0 Å². The Morgan fingerprint density at radius 3 is 2.45 bits per heavy atom. The average molecular weight is 421 g/mol. The number of hydrogen-bond donors (Lipinski definition) is 1. The zero-order valence-corrected chi connectivity index (χ0v) is 18.0. The zero-order valence-electron chi connectivity index (χ0n) is 18.0. The summed E-state index contributed by atoms with van der Waals surface area (Å²) in [6.45, 7) is 1.60. The summed E-state index contributed by atoms with van der Waals surface area (Å²) >= 11 is 0. The highest BCUT2D eigenvalue weighted by atomic mass is 16.5. The number of nitrogens with one attached hydrogen (secondary N) is 1. The van der Waals surface area contributed by atoms with Gasteiger partial charge < -0.3 is 19.5 Å². The molecule has 0 aliphatic rings. The molecule has 0 aliphatic carbocycles. The molecule has 0 unspecified atom stereocenters. The number of hydrogen-bond acceptors (Lipinski definition) is 5. The van der Waals surface area contributed by atoms with E-state index in [4.69, 9.17) is 14.2 Å². The molecule has 3 aromatic carbocycles. The van der Waals surface area contributed by atoms with Crippen LogP contribution in [0.15, 0.2) is 60.7 Å². The lowest BCUT2D eigenvalue weighted by atomic mass is 10.00. The highest BCUT2D eigenvalue weighted by molar-refractivity contribution is 5.87. The summed E-state index contributed by atoms with van der Waals surface area (Å²) in [5.74, 6) is 0.417. The van der Waals surface area contributed by atoms with E-state index in [9.17, 15) is 9.59 Å². The SMILES string of the molecule is COc1cccc(CCC(=O)OCC(=O)N[C@H](C)c2cccc3ccccc23)c1OC. The molecule has 6 heteroatoms. The number of benzene rings is 3. The predicted octanol–water partition coefficient (Wildman–Crippen LogP) is 4.21. The molecule has 1 amide bonds. The normalized spacial score (nSPS) is 11.6. The van der Waals surface area contributed by atoms with Gasteiger partial charge in [0.2, 0.25) is 0 Å². The van der Waals surface area contributed by atoms with Gasteiger partial charge in [-0.05, 0) is 41.3 Å². The van der Waals surface area contributed by atoms with Crippen LogP contribution in [0.4, 0.5) is 0 Å². The van der Waals surface area contributed by atoms with E-state index in [-0.39, 0.29) is 25.0 Å².